The van der Waals surface area contributed by atoms with Crippen molar-refractivity contribution in [1.29, 1.82) is 0 Å². The van der Waals surface area contributed by atoms with E-state index in [0.717, 1.165) is 5.69 Å². The van der Waals surface area contributed by atoms with E-state index in [0.29, 0.717) is 30.9 Å². The first-order valence-corrected chi connectivity index (χ1v) is 10.9. The van der Waals surface area contributed by atoms with E-state index in [1.807, 2.05) is 19.1 Å². The molecule has 1 aliphatic heterocycles. The van der Waals surface area contributed by atoms with Crippen LogP contribution >= 0.6 is 11.6 Å². The molecule has 2 aromatic rings. The fraction of sp³-hybridized carbons (Fsp3) is 0.350. The standard InChI is InChI=1S/C20H23ClN2O5S/c1-14-13-22(16-6-4-15(5-7-16)20(24)28-3)10-11-23(14)29(25,26)17-8-9-19(27-2)18(21)12-17/h4-9,12,14H,10-11,13H2,1-3H3. The number of rotatable bonds is 5. The third-order valence-electron chi connectivity index (χ3n) is 4.95. The molecule has 0 spiro atoms. The Balaban J connectivity index is 1.75. The Morgan fingerprint density at radius 2 is 1.79 bits per heavy atom. The number of sulfonamides is 1. The van der Waals surface area contributed by atoms with E-state index in [1.165, 1.54) is 30.7 Å². The molecular formula is C20H23ClN2O5S. The number of carbonyl (C=O) groups excluding carboxylic acids is 1. The van der Waals surface area contributed by atoms with Crippen LogP contribution in [-0.2, 0) is 14.8 Å². The van der Waals surface area contributed by atoms with Gasteiger partial charge in [-0.3, -0.25) is 0 Å². The fourth-order valence-corrected chi connectivity index (χ4v) is 5.36. The molecule has 0 saturated carbocycles. The number of ether oxygens (including phenoxy) is 2. The lowest BCUT2D eigenvalue weighted by atomic mass is 10.1. The van der Waals surface area contributed by atoms with Gasteiger partial charge >= 0.3 is 5.97 Å². The number of hydrogen-bond donors (Lipinski definition) is 0. The number of carbonyl (C=O) groups is 1. The van der Waals surface area contributed by atoms with Crippen LogP contribution in [0.2, 0.25) is 5.02 Å². The molecule has 0 radical (unpaired) electrons. The number of anilines is 1. The van der Waals surface area contributed by atoms with Crippen molar-refractivity contribution < 1.29 is 22.7 Å². The van der Waals surface area contributed by atoms with Crippen LogP contribution in [0.4, 0.5) is 5.69 Å². The van der Waals surface area contributed by atoms with Crippen LogP contribution in [-0.4, -0.2) is 58.6 Å². The first kappa shape index (κ1) is 21.4. The third-order valence-corrected chi connectivity index (χ3v) is 7.25. The van der Waals surface area contributed by atoms with Crippen LogP contribution in [0.3, 0.4) is 0 Å². The summed E-state index contributed by atoms with van der Waals surface area (Å²) in [5.41, 5.74) is 1.40. The highest BCUT2D eigenvalue weighted by atomic mass is 35.5. The maximum absolute atomic E-state index is 13.1. The molecule has 0 aliphatic carbocycles. The second-order valence-corrected chi connectivity index (χ2v) is 9.04. The van der Waals surface area contributed by atoms with Gasteiger partial charge in [0.15, 0.2) is 0 Å². The molecule has 1 heterocycles. The van der Waals surface area contributed by atoms with Gasteiger partial charge in [-0.2, -0.15) is 4.31 Å². The Kier molecular flexibility index (Phi) is 6.36. The van der Waals surface area contributed by atoms with Crippen molar-refractivity contribution in [2.75, 3.05) is 38.8 Å². The van der Waals surface area contributed by atoms with E-state index in [-0.39, 0.29) is 21.9 Å². The zero-order valence-corrected chi connectivity index (χ0v) is 18.0. The topological polar surface area (TPSA) is 76.2 Å². The Hall–Kier alpha value is -2.29. The molecule has 3 rings (SSSR count). The molecule has 29 heavy (non-hydrogen) atoms. The van der Waals surface area contributed by atoms with Crippen LogP contribution in [0.15, 0.2) is 47.4 Å². The van der Waals surface area contributed by atoms with Gasteiger partial charge in [0.2, 0.25) is 10.0 Å². The number of methoxy groups -OCH3 is 2. The molecule has 156 valence electrons. The molecule has 0 aromatic heterocycles. The predicted octanol–water partition coefficient (Wildman–Crippen LogP) is 3.03. The lowest BCUT2D eigenvalue weighted by molar-refractivity contribution is 0.0600. The molecule has 1 aliphatic rings. The number of nitrogens with zero attached hydrogens (tertiary/aromatic N) is 2. The minimum atomic E-state index is -3.68. The molecule has 1 saturated heterocycles. The highest BCUT2D eigenvalue weighted by Crippen LogP contribution is 2.30. The molecule has 1 atom stereocenters. The van der Waals surface area contributed by atoms with Crippen molar-refractivity contribution in [3.05, 3.63) is 53.1 Å². The lowest BCUT2D eigenvalue weighted by Gasteiger charge is -2.40. The van der Waals surface area contributed by atoms with Gasteiger partial charge in [-0.1, -0.05) is 11.6 Å². The van der Waals surface area contributed by atoms with Crippen LogP contribution in [0, 0.1) is 0 Å². The summed E-state index contributed by atoms with van der Waals surface area (Å²) in [6.07, 6.45) is 0. The van der Waals surface area contributed by atoms with E-state index in [1.54, 1.807) is 18.2 Å². The normalized spacial score (nSPS) is 17.8. The van der Waals surface area contributed by atoms with Crippen molar-refractivity contribution in [3.63, 3.8) is 0 Å². The number of halogens is 1. The SMILES string of the molecule is COC(=O)c1ccc(N2CCN(S(=O)(=O)c3ccc(OC)c(Cl)c3)C(C)C2)cc1. The molecule has 9 heteroatoms. The molecule has 1 unspecified atom stereocenters. The van der Waals surface area contributed by atoms with Crippen LogP contribution in [0.5, 0.6) is 5.75 Å². The van der Waals surface area contributed by atoms with E-state index >= 15 is 0 Å². The summed E-state index contributed by atoms with van der Waals surface area (Å²) >= 11 is 6.11. The Bertz CT molecular complexity index is 994. The average Bonchev–Trinajstić information content (AvgIpc) is 2.72. The summed E-state index contributed by atoms with van der Waals surface area (Å²) < 4.78 is 37.5. The van der Waals surface area contributed by atoms with E-state index in [9.17, 15) is 13.2 Å². The van der Waals surface area contributed by atoms with Crippen molar-refractivity contribution in [2.24, 2.45) is 0 Å². The summed E-state index contributed by atoms with van der Waals surface area (Å²) in [7, 11) is -0.859. The third kappa shape index (κ3) is 4.34. The highest BCUT2D eigenvalue weighted by molar-refractivity contribution is 7.89. The first-order valence-electron chi connectivity index (χ1n) is 9.06. The number of esters is 1. The van der Waals surface area contributed by atoms with Crippen molar-refractivity contribution in [2.45, 2.75) is 17.9 Å². The van der Waals surface area contributed by atoms with E-state index in [2.05, 4.69) is 4.90 Å². The Morgan fingerprint density at radius 1 is 1.10 bits per heavy atom. The van der Waals surface area contributed by atoms with Gasteiger partial charge in [0.25, 0.3) is 0 Å². The number of benzene rings is 2. The van der Waals surface area contributed by atoms with Gasteiger partial charge in [0.05, 0.1) is 29.7 Å². The molecule has 0 N–H and O–H groups in total. The molecular weight excluding hydrogens is 416 g/mol. The Labute approximate surface area is 175 Å². The second kappa shape index (κ2) is 8.61. The van der Waals surface area contributed by atoms with Gasteiger partial charge in [-0.05, 0) is 49.4 Å². The van der Waals surface area contributed by atoms with Crippen LogP contribution in [0.25, 0.3) is 0 Å². The van der Waals surface area contributed by atoms with Gasteiger partial charge < -0.3 is 14.4 Å². The largest absolute Gasteiger partial charge is 0.495 e. The molecule has 7 nitrogen and oxygen atoms in total. The highest BCUT2D eigenvalue weighted by Gasteiger charge is 2.34. The summed E-state index contributed by atoms with van der Waals surface area (Å²) in [6.45, 7) is 3.27. The van der Waals surface area contributed by atoms with Gasteiger partial charge in [0.1, 0.15) is 5.75 Å². The smallest absolute Gasteiger partial charge is 0.337 e. The van der Waals surface area contributed by atoms with Gasteiger partial charge in [-0.15, -0.1) is 0 Å². The van der Waals surface area contributed by atoms with Crippen LogP contribution < -0.4 is 9.64 Å². The molecule has 0 bridgehead atoms. The summed E-state index contributed by atoms with van der Waals surface area (Å²) in [5, 5.41) is 0.255. The number of hydrogen-bond acceptors (Lipinski definition) is 6. The second-order valence-electron chi connectivity index (χ2n) is 6.75. The number of piperazine rings is 1. The quantitative estimate of drug-likeness (QED) is 0.668. The monoisotopic (exact) mass is 438 g/mol. The molecule has 0 amide bonds. The van der Waals surface area contributed by atoms with Crippen molar-refractivity contribution in [3.8, 4) is 5.75 Å². The molecule has 1 fully saturated rings. The maximum Gasteiger partial charge on any atom is 0.337 e. The predicted molar refractivity (Wildman–Crippen MR) is 111 cm³/mol. The van der Waals surface area contributed by atoms with Gasteiger partial charge in [-0.25, -0.2) is 13.2 Å². The van der Waals surface area contributed by atoms with E-state index < -0.39 is 10.0 Å². The minimum Gasteiger partial charge on any atom is -0.495 e. The van der Waals surface area contributed by atoms with Crippen molar-refractivity contribution >= 4 is 33.3 Å². The maximum atomic E-state index is 13.1. The Morgan fingerprint density at radius 3 is 2.34 bits per heavy atom. The fourth-order valence-electron chi connectivity index (χ4n) is 3.40. The zero-order chi connectivity index (χ0) is 21.2. The van der Waals surface area contributed by atoms with E-state index in [4.69, 9.17) is 21.1 Å². The van der Waals surface area contributed by atoms with Crippen molar-refractivity contribution in [1.82, 2.24) is 4.31 Å². The average molecular weight is 439 g/mol. The summed E-state index contributed by atoms with van der Waals surface area (Å²) in [4.78, 5) is 13.8. The summed E-state index contributed by atoms with van der Waals surface area (Å²) in [5.74, 6) is 0.0397. The first-order chi connectivity index (χ1) is 13.8. The van der Waals surface area contributed by atoms with Gasteiger partial charge in [0, 0.05) is 31.4 Å². The minimum absolute atomic E-state index is 0.144. The zero-order valence-electron chi connectivity index (χ0n) is 16.5. The van der Waals surface area contributed by atoms with Crippen LogP contribution in [0.1, 0.15) is 17.3 Å². The lowest BCUT2D eigenvalue weighted by Crippen LogP contribution is -2.54. The molecule has 2 aromatic carbocycles. The summed E-state index contributed by atoms with van der Waals surface area (Å²) in [6, 6.07) is 11.3.